The number of ketones is 1. The highest BCUT2D eigenvalue weighted by atomic mass is 79.9. The summed E-state index contributed by atoms with van der Waals surface area (Å²) in [6.45, 7) is 8.83. The molecule has 0 saturated carbocycles. The molecule has 6 nitrogen and oxygen atoms in total. The number of anilines is 1. The number of ether oxygens (including phenoxy) is 2. The van der Waals surface area contributed by atoms with E-state index in [1.54, 1.807) is 19.9 Å². The van der Waals surface area contributed by atoms with E-state index in [1.165, 1.54) is 6.92 Å². The third-order valence-corrected chi connectivity index (χ3v) is 5.95. The zero-order valence-corrected chi connectivity index (χ0v) is 19.5. The molecule has 0 aliphatic carbocycles. The molecule has 0 spiro atoms. The van der Waals surface area contributed by atoms with Crippen LogP contribution in [0.25, 0.3) is 0 Å². The van der Waals surface area contributed by atoms with Crippen LogP contribution in [0.1, 0.15) is 64.8 Å². The van der Waals surface area contributed by atoms with Crippen LogP contribution in [0.5, 0.6) is 5.75 Å². The Kier molecular flexibility index (Phi) is 7.98. The van der Waals surface area contributed by atoms with Gasteiger partial charge in [0.25, 0.3) is 5.91 Å². The fourth-order valence-electron chi connectivity index (χ4n) is 2.79. The summed E-state index contributed by atoms with van der Waals surface area (Å²) in [7, 11) is 0. The van der Waals surface area contributed by atoms with E-state index in [-0.39, 0.29) is 30.5 Å². The molecule has 1 heterocycles. The van der Waals surface area contributed by atoms with Crippen LogP contribution in [0, 0.1) is 6.92 Å². The van der Waals surface area contributed by atoms with Crippen LogP contribution in [-0.2, 0) is 9.53 Å². The van der Waals surface area contributed by atoms with Gasteiger partial charge in [0.2, 0.25) is 0 Å². The first-order valence-electron chi connectivity index (χ1n) is 9.19. The molecule has 1 amide bonds. The number of benzene rings is 1. The Morgan fingerprint density at radius 1 is 1.24 bits per heavy atom. The molecule has 0 bridgehead atoms. The number of thiophene rings is 1. The van der Waals surface area contributed by atoms with Gasteiger partial charge in [0, 0.05) is 4.47 Å². The molecule has 29 heavy (non-hydrogen) atoms. The van der Waals surface area contributed by atoms with Gasteiger partial charge in [-0.1, -0.05) is 29.8 Å². The van der Waals surface area contributed by atoms with E-state index in [2.05, 4.69) is 21.2 Å². The fourth-order valence-corrected chi connectivity index (χ4v) is 4.28. The SMILES string of the molecule is CCOC(=O)c1c(NC(=O)COc2ccc(Br)cc2C(C)C)sc(C(C)=O)c1C. The zero-order valence-electron chi connectivity index (χ0n) is 17.1. The summed E-state index contributed by atoms with van der Waals surface area (Å²) in [5.41, 5.74) is 1.69. The van der Waals surface area contributed by atoms with E-state index in [0.29, 0.717) is 21.2 Å². The van der Waals surface area contributed by atoms with Crippen molar-refractivity contribution in [3.63, 3.8) is 0 Å². The van der Waals surface area contributed by atoms with Crippen molar-refractivity contribution in [2.24, 2.45) is 0 Å². The van der Waals surface area contributed by atoms with Crippen molar-refractivity contribution < 1.29 is 23.9 Å². The summed E-state index contributed by atoms with van der Waals surface area (Å²) in [4.78, 5) is 37.1. The Morgan fingerprint density at radius 3 is 2.52 bits per heavy atom. The predicted molar refractivity (Wildman–Crippen MR) is 117 cm³/mol. The second kappa shape index (κ2) is 10.0. The first-order chi connectivity index (χ1) is 13.6. The molecule has 1 aromatic carbocycles. The van der Waals surface area contributed by atoms with Crippen LogP contribution in [0.3, 0.4) is 0 Å². The van der Waals surface area contributed by atoms with Crippen molar-refractivity contribution in [2.75, 3.05) is 18.5 Å². The number of Topliss-reactive ketones (excluding diaryl/α,β-unsaturated/α-hetero) is 1. The molecule has 0 saturated heterocycles. The van der Waals surface area contributed by atoms with Crippen LogP contribution < -0.4 is 10.1 Å². The Balaban J connectivity index is 2.20. The summed E-state index contributed by atoms with van der Waals surface area (Å²) in [6, 6.07) is 5.61. The van der Waals surface area contributed by atoms with Crippen molar-refractivity contribution in [1.82, 2.24) is 0 Å². The molecular weight excluding hydrogens is 458 g/mol. The number of carbonyl (C=O) groups is 3. The lowest BCUT2D eigenvalue weighted by Gasteiger charge is -2.14. The van der Waals surface area contributed by atoms with Crippen LogP contribution in [0.2, 0.25) is 0 Å². The van der Waals surface area contributed by atoms with E-state index in [1.807, 2.05) is 26.0 Å². The van der Waals surface area contributed by atoms with Gasteiger partial charge in [-0.3, -0.25) is 9.59 Å². The van der Waals surface area contributed by atoms with E-state index >= 15 is 0 Å². The minimum Gasteiger partial charge on any atom is -0.483 e. The van der Waals surface area contributed by atoms with Crippen molar-refractivity contribution in [3.8, 4) is 5.75 Å². The van der Waals surface area contributed by atoms with Gasteiger partial charge in [-0.25, -0.2) is 4.79 Å². The summed E-state index contributed by atoms with van der Waals surface area (Å²) in [5.74, 6) is -0.328. The number of carbonyl (C=O) groups excluding carboxylic acids is 3. The van der Waals surface area contributed by atoms with Crippen molar-refractivity contribution >= 4 is 49.9 Å². The predicted octanol–water partition coefficient (Wildman–Crippen LogP) is 5.34. The van der Waals surface area contributed by atoms with Gasteiger partial charge in [0.05, 0.1) is 17.0 Å². The normalized spacial score (nSPS) is 10.7. The largest absolute Gasteiger partial charge is 0.483 e. The molecule has 2 rings (SSSR count). The van der Waals surface area contributed by atoms with Crippen molar-refractivity contribution in [3.05, 3.63) is 44.2 Å². The minimum atomic E-state index is -0.569. The summed E-state index contributed by atoms with van der Waals surface area (Å²) in [6.07, 6.45) is 0. The van der Waals surface area contributed by atoms with E-state index in [4.69, 9.17) is 9.47 Å². The van der Waals surface area contributed by atoms with Crippen molar-refractivity contribution in [1.29, 1.82) is 0 Å². The smallest absolute Gasteiger partial charge is 0.341 e. The van der Waals surface area contributed by atoms with E-state index in [9.17, 15) is 14.4 Å². The molecule has 2 aromatic rings. The minimum absolute atomic E-state index is 0.175. The molecule has 0 radical (unpaired) electrons. The maximum absolute atomic E-state index is 12.5. The quantitative estimate of drug-likeness (QED) is 0.406. The Hall–Kier alpha value is -2.19. The van der Waals surface area contributed by atoms with Gasteiger partial charge in [-0.2, -0.15) is 0 Å². The highest BCUT2D eigenvalue weighted by Crippen LogP contribution is 2.34. The monoisotopic (exact) mass is 481 g/mol. The lowest BCUT2D eigenvalue weighted by atomic mass is 10.0. The van der Waals surface area contributed by atoms with Gasteiger partial charge in [0.1, 0.15) is 10.8 Å². The Morgan fingerprint density at radius 2 is 1.93 bits per heavy atom. The summed E-state index contributed by atoms with van der Waals surface area (Å²) >= 11 is 4.50. The number of esters is 1. The maximum Gasteiger partial charge on any atom is 0.341 e. The third-order valence-electron chi connectivity index (χ3n) is 4.15. The molecule has 0 aliphatic rings. The fraction of sp³-hybridized carbons (Fsp3) is 0.381. The summed E-state index contributed by atoms with van der Waals surface area (Å²) < 4.78 is 11.7. The third kappa shape index (κ3) is 5.67. The first-order valence-corrected chi connectivity index (χ1v) is 10.8. The average molecular weight is 482 g/mol. The molecule has 0 fully saturated rings. The van der Waals surface area contributed by atoms with Crippen molar-refractivity contribution in [2.45, 2.75) is 40.5 Å². The number of hydrogen-bond donors (Lipinski definition) is 1. The molecule has 0 atom stereocenters. The van der Waals surface area contributed by atoms with Gasteiger partial charge < -0.3 is 14.8 Å². The molecular formula is C21H24BrNO5S. The van der Waals surface area contributed by atoms with Gasteiger partial charge in [-0.15, -0.1) is 11.3 Å². The summed E-state index contributed by atoms with van der Waals surface area (Å²) in [5, 5.41) is 2.98. The Labute approximate surface area is 182 Å². The van der Waals surface area contributed by atoms with Crippen LogP contribution in [-0.4, -0.2) is 30.9 Å². The number of hydrogen-bond acceptors (Lipinski definition) is 6. The van der Waals surface area contributed by atoms with Gasteiger partial charge >= 0.3 is 5.97 Å². The number of amides is 1. The molecule has 0 unspecified atom stereocenters. The number of rotatable bonds is 8. The second-order valence-electron chi connectivity index (χ2n) is 6.71. The lowest BCUT2D eigenvalue weighted by Crippen LogP contribution is -2.21. The molecule has 156 valence electrons. The van der Waals surface area contributed by atoms with Gasteiger partial charge in [-0.05, 0) is 56.0 Å². The topological polar surface area (TPSA) is 81.7 Å². The molecule has 1 N–H and O–H groups in total. The highest BCUT2D eigenvalue weighted by Gasteiger charge is 2.25. The average Bonchev–Trinajstić information content (AvgIpc) is 2.97. The first kappa shape index (κ1) is 23.1. The van der Waals surface area contributed by atoms with Crippen LogP contribution in [0.4, 0.5) is 5.00 Å². The van der Waals surface area contributed by atoms with E-state index in [0.717, 1.165) is 21.4 Å². The second-order valence-corrected chi connectivity index (χ2v) is 8.65. The zero-order chi connectivity index (χ0) is 21.7. The standard InChI is InChI=1S/C21H24BrNO5S/c1-6-27-21(26)18-12(4)19(13(5)24)29-20(18)23-17(25)10-28-16-8-7-14(22)9-15(16)11(2)3/h7-9,11H,6,10H2,1-5H3,(H,23,25). The van der Waals surface area contributed by atoms with E-state index < -0.39 is 11.9 Å². The highest BCUT2D eigenvalue weighted by molar-refractivity contribution is 9.10. The molecule has 0 aliphatic heterocycles. The number of nitrogens with one attached hydrogen (secondary N) is 1. The molecule has 1 aromatic heterocycles. The van der Waals surface area contributed by atoms with Crippen LogP contribution in [0.15, 0.2) is 22.7 Å². The number of halogens is 1. The Bertz CT molecular complexity index is 935. The lowest BCUT2D eigenvalue weighted by molar-refractivity contribution is -0.118. The van der Waals surface area contributed by atoms with Crippen LogP contribution >= 0.6 is 27.3 Å². The maximum atomic E-state index is 12.5. The van der Waals surface area contributed by atoms with Gasteiger partial charge in [0.15, 0.2) is 12.4 Å². The molecule has 8 heteroatoms.